The zero-order chi connectivity index (χ0) is 10.9. The molecule has 1 rings (SSSR count). The van der Waals surface area contributed by atoms with Crippen molar-refractivity contribution in [3.05, 3.63) is 12.2 Å². The fourth-order valence-corrected chi connectivity index (χ4v) is 2.21. The summed E-state index contributed by atoms with van der Waals surface area (Å²) in [6.07, 6.45) is 15.9. The van der Waals surface area contributed by atoms with Crippen LogP contribution in [0.25, 0.3) is 0 Å². The van der Waals surface area contributed by atoms with Crippen molar-refractivity contribution in [2.75, 3.05) is 0 Å². The molecule has 1 nitrogen and oxygen atoms in total. The van der Waals surface area contributed by atoms with E-state index in [0.717, 1.165) is 12.8 Å². The van der Waals surface area contributed by atoms with Crippen LogP contribution in [0.3, 0.4) is 0 Å². The van der Waals surface area contributed by atoms with E-state index in [4.69, 9.17) is 0 Å². The Bertz CT molecular complexity index is 205. The second kappa shape index (κ2) is 7.67. The van der Waals surface area contributed by atoms with Crippen LogP contribution in [0.2, 0.25) is 0 Å². The second-order valence-electron chi connectivity index (χ2n) is 4.70. The first-order valence-electron chi connectivity index (χ1n) is 6.48. The van der Waals surface area contributed by atoms with Crippen LogP contribution in [0, 0.1) is 5.92 Å². The molecule has 0 saturated carbocycles. The predicted octanol–water partition coefficient (Wildman–Crippen LogP) is 4.27. The summed E-state index contributed by atoms with van der Waals surface area (Å²) in [6, 6.07) is 0. The van der Waals surface area contributed by atoms with Gasteiger partial charge in [0.25, 0.3) is 0 Å². The van der Waals surface area contributed by atoms with E-state index in [0.29, 0.717) is 5.78 Å². The minimum absolute atomic E-state index is 0.199. The highest BCUT2D eigenvalue weighted by Gasteiger charge is 2.09. The first kappa shape index (κ1) is 12.5. The highest BCUT2D eigenvalue weighted by molar-refractivity contribution is 5.79. The summed E-state index contributed by atoms with van der Waals surface area (Å²) in [5.41, 5.74) is 0. The maximum atomic E-state index is 11.4. The van der Waals surface area contributed by atoms with Gasteiger partial charge in [-0.3, -0.25) is 4.79 Å². The first-order valence-corrected chi connectivity index (χ1v) is 6.48. The molecule has 1 unspecified atom stereocenters. The lowest BCUT2D eigenvalue weighted by molar-refractivity contribution is -0.119. The van der Waals surface area contributed by atoms with Gasteiger partial charge < -0.3 is 0 Å². The Hall–Kier alpha value is -0.590. The molecule has 0 bridgehead atoms. The highest BCUT2D eigenvalue weighted by atomic mass is 16.1. The van der Waals surface area contributed by atoms with Crippen molar-refractivity contribution in [1.82, 2.24) is 0 Å². The fraction of sp³-hybridized carbons (Fsp3) is 0.786. The largest absolute Gasteiger partial charge is 0.299 e. The van der Waals surface area contributed by atoms with E-state index in [1.54, 1.807) is 6.92 Å². The van der Waals surface area contributed by atoms with Gasteiger partial charge in [-0.15, -0.1) is 0 Å². The first-order chi connectivity index (χ1) is 7.30. The maximum absolute atomic E-state index is 11.4. The van der Waals surface area contributed by atoms with Crippen LogP contribution in [0.5, 0.6) is 0 Å². The van der Waals surface area contributed by atoms with Crippen LogP contribution in [-0.4, -0.2) is 5.78 Å². The molecule has 0 aromatic heterocycles. The normalized spacial score (nSPS) is 27.4. The van der Waals surface area contributed by atoms with Gasteiger partial charge in [-0.25, -0.2) is 0 Å². The SMILES string of the molecule is CC(=O)C1/C=C/CCCCCCCCC1. The number of hydrogen-bond acceptors (Lipinski definition) is 1. The molecule has 0 aromatic rings. The molecular formula is C14H24O. The number of ketones is 1. The van der Waals surface area contributed by atoms with Gasteiger partial charge in [0.15, 0.2) is 0 Å². The number of allylic oxidation sites excluding steroid dienone is 2. The zero-order valence-electron chi connectivity index (χ0n) is 10.0. The summed E-state index contributed by atoms with van der Waals surface area (Å²) in [6.45, 7) is 1.72. The molecule has 1 atom stereocenters. The molecule has 0 aromatic carbocycles. The molecule has 0 radical (unpaired) electrons. The molecule has 1 aliphatic rings. The van der Waals surface area contributed by atoms with Crippen LogP contribution in [0.15, 0.2) is 12.2 Å². The van der Waals surface area contributed by atoms with Crippen LogP contribution in [0.4, 0.5) is 0 Å². The summed E-state index contributed by atoms with van der Waals surface area (Å²) in [7, 11) is 0. The number of Topliss-reactive ketones (excluding diaryl/α,β-unsaturated/α-hetero) is 1. The van der Waals surface area contributed by atoms with Crippen molar-refractivity contribution in [2.45, 2.75) is 64.7 Å². The number of carbonyl (C=O) groups is 1. The summed E-state index contributed by atoms with van der Waals surface area (Å²) in [5, 5.41) is 0. The molecule has 0 N–H and O–H groups in total. The number of rotatable bonds is 1. The quantitative estimate of drug-likeness (QED) is 0.588. The van der Waals surface area contributed by atoms with E-state index < -0.39 is 0 Å². The minimum atomic E-state index is 0.199. The van der Waals surface area contributed by atoms with E-state index in [-0.39, 0.29) is 5.92 Å². The lowest BCUT2D eigenvalue weighted by Crippen LogP contribution is -2.07. The van der Waals surface area contributed by atoms with Crippen molar-refractivity contribution in [3.63, 3.8) is 0 Å². The van der Waals surface area contributed by atoms with E-state index in [1.165, 1.54) is 44.9 Å². The summed E-state index contributed by atoms with van der Waals surface area (Å²) >= 11 is 0. The smallest absolute Gasteiger partial charge is 0.136 e. The third kappa shape index (κ3) is 5.76. The molecular weight excluding hydrogens is 184 g/mol. The average molecular weight is 208 g/mol. The van der Waals surface area contributed by atoms with Crippen LogP contribution < -0.4 is 0 Å². The Morgan fingerprint density at radius 3 is 2.27 bits per heavy atom. The Kier molecular flexibility index (Phi) is 6.38. The van der Waals surface area contributed by atoms with Crippen LogP contribution in [-0.2, 0) is 4.79 Å². The molecule has 86 valence electrons. The maximum Gasteiger partial charge on any atom is 0.136 e. The van der Waals surface area contributed by atoms with Gasteiger partial charge in [0, 0.05) is 5.92 Å². The van der Waals surface area contributed by atoms with Gasteiger partial charge in [-0.05, 0) is 26.2 Å². The lowest BCUT2D eigenvalue weighted by atomic mass is 9.95. The molecule has 0 fully saturated rings. The van der Waals surface area contributed by atoms with E-state index in [9.17, 15) is 4.79 Å². The second-order valence-corrected chi connectivity index (χ2v) is 4.70. The van der Waals surface area contributed by atoms with Gasteiger partial charge in [-0.2, -0.15) is 0 Å². The van der Waals surface area contributed by atoms with Crippen molar-refractivity contribution in [3.8, 4) is 0 Å². The Morgan fingerprint density at radius 2 is 1.60 bits per heavy atom. The third-order valence-electron chi connectivity index (χ3n) is 3.28. The summed E-state index contributed by atoms with van der Waals surface area (Å²) in [4.78, 5) is 11.4. The monoisotopic (exact) mass is 208 g/mol. The van der Waals surface area contributed by atoms with Crippen LogP contribution >= 0.6 is 0 Å². The molecule has 1 aliphatic carbocycles. The van der Waals surface area contributed by atoms with Crippen LogP contribution in [0.1, 0.15) is 64.7 Å². The van der Waals surface area contributed by atoms with Crippen molar-refractivity contribution in [1.29, 1.82) is 0 Å². The van der Waals surface area contributed by atoms with E-state index >= 15 is 0 Å². The standard InChI is InChI=1S/C14H24O/c1-13(15)14-11-9-7-5-3-2-4-6-8-10-12-14/h9,11,14H,2-8,10,12H2,1H3/b11-9+. The molecule has 0 saturated heterocycles. The highest BCUT2D eigenvalue weighted by Crippen LogP contribution is 2.17. The van der Waals surface area contributed by atoms with Crippen molar-refractivity contribution < 1.29 is 4.79 Å². The van der Waals surface area contributed by atoms with Gasteiger partial charge in [0.1, 0.15) is 5.78 Å². The van der Waals surface area contributed by atoms with Crippen molar-refractivity contribution in [2.24, 2.45) is 5.92 Å². The molecule has 0 aliphatic heterocycles. The molecule has 0 heterocycles. The van der Waals surface area contributed by atoms with Gasteiger partial charge in [0.2, 0.25) is 0 Å². The Balaban J connectivity index is 2.41. The Morgan fingerprint density at radius 1 is 1.00 bits per heavy atom. The molecule has 0 amide bonds. The van der Waals surface area contributed by atoms with Gasteiger partial charge in [0.05, 0.1) is 0 Å². The van der Waals surface area contributed by atoms with Gasteiger partial charge >= 0.3 is 0 Å². The van der Waals surface area contributed by atoms with Crippen molar-refractivity contribution >= 4 is 5.78 Å². The van der Waals surface area contributed by atoms with E-state index in [1.807, 2.05) is 0 Å². The molecule has 15 heavy (non-hydrogen) atoms. The summed E-state index contributed by atoms with van der Waals surface area (Å²) < 4.78 is 0. The topological polar surface area (TPSA) is 17.1 Å². The fourth-order valence-electron chi connectivity index (χ4n) is 2.21. The molecule has 0 spiro atoms. The number of carbonyl (C=O) groups excluding carboxylic acids is 1. The Labute approximate surface area is 93.9 Å². The third-order valence-corrected chi connectivity index (χ3v) is 3.28. The van der Waals surface area contributed by atoms with Gasteiger partial charge in [-0.1, -0.05) is 50.7 Å². The molecule has 1 heteroatoms. The summed E-state index contributed by atoms with van der Waals surface area (Å²) in [5.74, 6) is 0.535. The minimum Gasteiger partial charge on any atom is -0.299 e. The predicted molar refractivity (Wildman–Crippen MR) is 64.9 cm³/mol. The average Bonchev–Trinajstić information content (AvgIpc) is 2.18. The zero-order valence-corrected chi connectivity index (χ0v) is 10.0. The number of hydrogen-bond donors (Lipinski definition) is 0. The van der Waals surface area contributed by atoms with E-state index in [2.05, 4.69) is 12.2 Å². The lowest BCUT2D eigenvalue weighted by Gasteiger charge is -2.10.